The van der Waals surface area contributed by atoms with Crippen molar-refractivity contribution >= 4 is 51.4 Å². The number of imidazole rings is 1. The van der Waals surface area contributed by atoms with Crippen molar-refractivity contribution in [2.45, 2.75) is 45.5 Å². The van der Waals surface area contributed by atoms with Crippen LogP contribution in [0.5, 0.6) is 5.75 Å². The van der Waals surface area contributed by atoms with Crippen LogP contribution in [0.2, 0.25) is 5.15 Å². The van der Waals surface area contributed by atoms with Crippen LogP contribution < -0.4 is 20.4 Å². The Morgan fingerprint density at radius 3 is 2.88 bits per heavy atom. The highest BCUT2D eigenvalue weighted by Gasteiger charge is 2.30. The quantitative estimate of drug-likeness (QED) is 0.277. The Hall–Kier alpha value is -3.13. The summed E-state index contributed by atoms with van der Waals surface area (Å²) >= 11 is 5.08. The summed E-state index contributed by atoms with van der Waals surface area (Å²) in [6.45, 7) is 5.09. The number of amides is 2. The number of aromatic nitrogens is 4. The summed E-state index contributed by atoms with van der Waals surface area (Å²) < 4.78 is 27.7. The van der Waals surface area contributed by atoms with Crippen LogP contribution >= 0.6 is 11.6 Å². The van der Waals surface area contributed by atoms with Gasteiger partial charge in [0.2, 0.25) is 0 Å². The van der Waals surface area contributed by atoms with E-state index in [9.17, 15) is 14.1 Å². The zero-order valence-electron chi connectivity index (χ0n) is 22.3. The number of anilines is 1. The summed E-state index contributed by atoms with van der Waals surface area (Å²) in [7, 11) is 0. The van der Waals surface area contributed by atoms with Gasteiger partial charge in [0.25, 0.3) is 17.6 Å². The number of benzene rings is 1. The second kappa shape index (κ2) is 12.6. The van der Waals surface area contributed by atoms with E-state index in [-0.39, 0.29) is 41.8 Å². The Morgan fingerprint density at radius 1 is 1.35 bits per heavy atom. The molecule has 1 atom stereocenters. The molecule has 0 spiro atoms. The van der Waals surface area contributed by atoms with Crippen LogP contribution in [-0.4, -0.2) is 79.7 Å². The first kappa shape index (κ1) is 28.4. The molecule has 0 radical (unpaired) electrons. The molecule has 12 nitrogen and oxygen atoms in total. The monoisotopic (exact) mass is 590 g/mol. The summed E-state index contributed by atoms with van der Waals surface area (Å²) in [5, 5.41) is 2.99. The predicted octanol–water partition coefficient (Wildman–Crippen LogP) is 1.05. The van der Waals surface area contributed by atoms with Gasteiger partial charge in [-0.25, -0.2) is 19.1 Å². The molecule has 0 saturated carbocycles. The van der Waals surface area contributed by atoms with Crippen molar-refractivity contribution in [3.8, 4) is 5.75 Å². The third-order valence-electron chi connectivity index (χ3n) is 7.16. The van der Waals surface area contributed by atoms with E-state index in [0.717, 1.165) is 36.3 Å². The van der Waals surface area contributed by atoms with Crippen LogP contribution in [0, 0.1) is 0 Å². The Labute approximate surface area is 240 Å². The molecule has 214 valence electrons. The molecule has 5 rings (SSSR count). The molecule has 1 unspecified atom stereocenters. The molecule has 1 aromatic carbocycles. The van der Waals surface area contributed by atoms with Crippen LogP contribution in [0.4, 0.5) is 5.82 Å². The number of carbonyl (C=O) groups excluding carboxylic acids is 2. The van der Waals surface area contributed by atoms with Crippen LogP contribution in [0.15, 0.2) is 24.4 Å². The van der Waals surface area contributed by atoms with Gasteiger partial charge in [0.1, 0.15) is 35.5 Å². The molecule has 4 heterocycles. The lowest BCUT2D eigenvalue weighted by Gasteiger charge is -2.28. The SMILES string of the molecule is CC[n+]1c(CNC(=O)c2nc(Cl)cnc2N)n(CC2CCCO2)c2cc(OCC(=O)N3CC[S+]([O-])CC3)ccc21. The van der Waals surface area contributed by atoms with Crippen molar-refractivity contribution in [3.63, 3.8) is 0 Å². The van der Waals surface area contributed by atoms with E-state index in [1.165, 1.54) is 6.20 Å². The minimum Gasteiger partial charge on any atom is -0.616 e. The minimum atomic E-state index is -0.852. The van der Waals surface area contributed by atoms with Crippen LogP contribution in [0.1, 0.15) is 36.1 Å². The first-order chi connectivity index (χ1) is 19.3. The third kappa shape index (κ3) is 6.27. The lowest BCUT2D eigenvalue weighted by atomic mass is 10.2. The Morgan fingerprint density at radius 2 is 2.15 bits per heavy atom. The van der Waals surface area contributed by atoms with Crippen molar-refractivity contribution in [3.05, 3.63) is 41.1 Å². The molecular formula is C26H33ClN7O5S+. The average molecular weight is 591 g/mol. The number of carbonyl (C=O) groups is 2. The molecule has 0 aliphatic carbocycles. The number of nitrogens with one attached hydrogen (secondary N) is 1. The molecule has 2 aliphatic heterocycles. The number of ether oxygens (including phenoxy) is 2. The number of rotatable bonds is 9. The summed E-state index contributed by atoms with van der Waals surface area (Å²) in [6.07, 6.45) is 3.27. The Kier molecular flexibility index (Phi) is 8.94. The van der Waals surface area contributed by atoms with E-state index in [2.05, 4.69) is 24.4 Å². The van der Waals surface area contributed by atoms with E-state index in [0.29, 0.717) is 43.4 Å². The minimum absolute atomic E-state index is 0.000631. The van der Waals surface area contributed by atoms with Gasteiger partial charge in [-0.15, -0.1) is 0 Å². The summed E-state index contributed by atoms with van der Waals surface area (Å²) in [5.41, 5.74) is 7.70. The number of nitrogens with zero attached hydrogens (tertiary/aromatic N) is 5. The fraction of sp³-hybridized carbons (Fsp3) is 0.500. The van der Waals surface area contributed by atoms with Crippen LogP contribution in [0.3, 0.4) is 0 Å². The highest BCUT2D eigenvalue weighted by molar-refractivity contribution is 7.91. The normalized spacial score (nSPS) is 17.9. The molecule has 14 heteroatoms. The second-order valence-corrected chi connectivity index (χ2v) is 11.8. The summed E-state index contributed by atoms with van der Waals surface area (Å²) in [5.74, 6) is 1.83. The van der Waals surface area contributed by atoms with Crippen molar-refractivity contribution in [2.75, 3.05) is 43.5 Å². The van der Waals surface area contributed by atoms with Gasteiger partial charge < -0.3 is 30.0 Å². The average Bonchev–Trinajstić information content (AvgIpc) is 3.58. The number of nitrogen functional groups attached to an aromatic ring is 1. The maximum absolute atomic E-state index is 12.9. The fourth-order valence-corrected chi connectivity index (χ4v) is 6.30. The molecule has 2 amide bonds. The molecule has 2 aromatic heterocycles. The fourth-order valence-electron chi connectivity index (χ4n) is 5.11. The van der Waals surface area contributed by atoms with Gasteiger partial charge in [-0.2, -0.15) is 0 Å². The molecule has 3 aromatic rings. The molecule has 3 N–H and O–H groups in total. The molecule has 0 bridgehead atoms. The van der Waals surface area contributed by atoms with E-state index in [1.807, 2.05) is 25.1 Å². The maximum Gasteiger partial charge on any atom is 0.277 e. The van der Waals surface area contributed by atoms with Crippen LogP contribution in [-0.2, 0) is 40.3 Å². The highest BCUT2D eigenvalue weighted by Crippen LogP contribution is 2.24. The highest BCUT2D eigenvalue weighted by atomic mass is 35.5. The van der Waals surface area contributed by atoms with E-state index < -0.39 is 17.1 Å². The molecule has 2 fully saturated rings. The smallest absolute Gasteiger partial charge is 0.277 e. The summed E-state index contributed by atoms with van der Waals surface area (Å²) in [4.78, 5) is 35.3. The number of hydrogen-bond donors (Lipinski definition) is 2. The predicted molar refractivity (Wildman–Crippen MR) is 149 cm³/mol. The first-order valence-corrected chi connectivity index (χ1v) is 15.2. The number of aryl methyl sites for hydroxylation is 1. The van der Waals surface area contributed by atoms with Crippen molar-refractivity contribution in [1.29, 1.82) is 0 Å². The van der Waals surface area contributed by atoms with Gasteiger partial charge in [-0.1, -0.05) is 22.8 Å². The van der Waals surface area contributed by atoms with Gasteiger partial charge in [-0.05, 0) is 31.9 Å². The first-order valence-electron chi connectivity index (χ1n) is 13.3. The van der Waals surface area contributed by atoms with E-state index in [4.69, 9.17) is 26.8 Å². The summed E-state index contributed by atoms with van der Waals surface area (Å²) in [6, 6.07) is 5.72. The number of halogens is 1. The number of nitrogens with two attached hydrogens (primary N) is 1. The maximum atomic E-state index is 12.9. The van der Waals surface area contributed by atoms with Gasteiger partial charge in [0, 0.05) is 12.7 Å². The second-order valence-electron chi connectivity index (χ2n) is 9.68. The Balaban J connectivity index is 1.40. The zero-order chi connectivity index (χ0) is 28.2. The lowest BCUT2D eigenvalue weighted by Crippen LogP contribution is -2.45. The third-order valence-corrected chi connectivity index (χ3v) is 8.62. The Bertz CT molecular complexity index is 1390. The van der Waals surface area contributed by atoms with Crippen molar-refractivity contribution in [2.24, 2.45) is 0 Å². The van der Waals surface area contributed by atoms with Crippen LogP contribution in [0.25, 0.3) is 11.0 Å². The topological polar surface area (TPSA) is 152 Å². The zero-order valence-corrected chi connectivity index (χ0v) is 23.9. The standard InChI is InChI=1S/C26H32ClN7O5S/c1-2-33-19-6-5-17(39-16-23(35)32-7-10-40(37)11-8-32)12-20(19)34(15-18-4-3-9-38-18)22(33)14-30-26(36)24-25(28)29-13-21(27)31-24/h5-6,12-13,18H,2-4,7-11,14-16H2,1H3,(H2-,28,29,30,36)/p+1. The van der Waals surface area contributed by atoms with Gasteiger partial charge in [0.15, 0.2) is 29.2 Å². The largest absolute Gasteiger partial charge is 0.616 e. The number of fused-ring (bicyclic) bond motifs is 1. The van der Waals surface area contributed by atoms with Gasteiger partial charge >= 0.3 is 0 Å². The molecule has 2 aliphatic rings. The van der Waals surface area contributed by atoms with Crippen molar-refractivity contribution < 1.29 is 28.2 Å². The molecular weight excluding hydrogens is 558 g/mol. The number of hydrogen-bond acceptors (Lipinski definition) is 8. The lowest BCUT2D eigenvalue weighted by molar-refractivity contribution is -0.676. The van der Waals surface area contributed by atoms with Crippen molar-refractivity contribution in [1.82, 2.24) is 24.8 Å². The van der Waals surface area contributed by atoms with Gasteiger partial charge in [0.05, 0.1) is 31.9 Å². The van der Waals surface area contributed by atoms with Gasteiger partial charge in [-0.3, -0.25) is 9.59 Å². The van der Waals surface area contributed by atoms with E-state index >= 15 is 0 Å². The molecule has 2 saturated heterocycles. The van der Waals surface area contributed by atoms with E-state index in [1.54, 1.807) is 4.90 Å². The molecule has 40 heavy (non-hydrogen) atoms.